The van der Waals surface area contributed by atoms with Gasteiger partial charge < -0.3 is 20.4 Å². The summed E-state index contributed by atoms with van der Waals surface area (Å²) < 4.78 is 27.5. The van der Waals surface area contributed by atoms with Crippen LogP contribution in [0.3, 0.4) is 0 Å². The number of fused-ring (bicyclic) bond motifs is 3. The Labute approximate surface area is 192 Å². The van der Waals surface area contributed by atoms with Crippen LogP contribution >= 0.6 is 11.6 Å². The molecule has 0 radical (unpaired) electrons. The lowest BCUT2D eigenvalue weighted by molar-refractivity contribution is 0.0953. The number of rotatable bonds is 7. The number of sulfonamides is 1. The molecule has 9 heteroatoms. The van der Waals surface area contributed by atoms with Crippen LogP contribution < -0.4 is 14.9 Å². The third-order valence-electron chi connectivity index (χ3n) is 5.52. The molecule has 0 saturated heterocycles. The maximum Gasteiger partial charge on any atom is 0.215 e. The highest BCUT2D eigenvalue weighted by Crippen LogP contribution is 2.37. The van der Waals surface area contributed by atoms with E-state index in [2.05, 4.69) is 10.0 Å². The number of anilines is 2. The fourth-order valence-electron chi connectivity index (χ4n) is 3.98. The van der Waals surface area contributed by atoms with Gasteiger partial charge in [-0.3, -0.25) is 0 Å². The Kier molecular flexibility index (Phi) is 6.88. The number of hydrogen-bond donors (Lipinski definition) is 4. The Morgan fingerprint density at radius 1 is 1.06 bits per heavy atom. The minimum atomic E-state index is -3.55. The molecule has 1 heterocycles. The molecule has 0 aliphatic carbocycles. The van der Waals surface area contributed by atoms with Crippen molar-refractivity contribution in [3.05, 3.63) is 71.2 Å². The number of nitrogens with one attached hydrogen (secondary N) is 2. The summed E-state index contributed by atoms with van der Waals surface area (Å²) >= 11 is 6.07. The van der Waals surface area contributed by atoms with Crippen LogP contribution in [0.5, 0.6) is 0 Å². The molecule has 3 aromatic carbocycles. The predicted molar refractivity (Wildman–Crippen MR) is 128 cm³/mol. The molecule has 1 aliphatic rings. The summed E-state index contributed by atoms with van der Waals surface area (Å²) in [7, 11) is -3.55. The Balaban J connectivity index is 1.45. The lowest BCUT2D eigenvalue weighted by atomic mass is 10.1. The minimum Gasteiger partial charge on any atom is -0.374 e. The van der Waals surface area contributed by atoms with Crippen LogP contribution in [-0.4, -0.2) is 44.2 Å². The Hall–Kier alpha value is -2.36. The molecule has 4 N–H and O–H groups in total. The van der Waals surface area contributed by atoms with Crippen LogP contribution in [0.25, 0.3) is 10.8 Å². The molecule has 0 spiro atoms. The Bertz CT molecular complexity index is 1200. The number of aliphatic hydroxyl groups is 2. The van der Waals surface area contributed by atoms with Crippen molar-refractivity contribution in [1.82, 2.24) is 4.72 Å². The van der Waals surface area contributed by atoms with E-state index in [4.69, 9.17) is 11.6 Å². The molecular weight excluding hydrogens is 450 g/mol. The van der Waals surface area contributed by atoms with Crippen molar-refractivity contribution in [1.29, 1.82) is 0 Å². The molecule has 7 nitrogen and oxygen atoms in total. The topological polar surface area (TPSA) is 102 Å². The molecule has 4 rings (SSSR count). The van der Waals surface area contributed by atoms with E-state index in [1.807, 2.05) is 36.4 Å². The first-order valence-electron chi connectivity index (χ1n) is 10.5. The van der Waals surface area contributed by atoms with Gasteiger partial charge in [0.05, 0.1) is 17.1 Å². The summed E-state index contributed by atoms with van der Waals surface area (Å²) in [6, 6.07) is 18.6. The zero-order valence-electron chi connectivity index (χ0n) is 17.4. The smallest absolute Gasteiger partial charge is 0.215 e. The number of halogens is 1. The normalized spacial score (nSPS) is 18.8. The first-order valence-corrected chi connectivity index (χ1v) is 12.5. The van der Waals surface area contributed by atoms with Crippen molar-refractivity contribution < 1.29 is 18.6 Å². The molecule has 0 amide bonds. The maximum atomic E-state index is 12.4. The first kappa shape index (κ1) is 22.8. The molecule has 2 atom stereocenters. The summed E-state index contributed by atoms with van der Waals surface area (Å²) in [5.41, 5.74) is 2.07. The standard InChI is InChI=1S/C23H26ClN3O4S/c24-19-9-4-2-7-17(19)15-32(30,31)25-12-5-13-27-20-11-10-16-6-1-3-8-18(16)23(20)26-21(28)14-22(27)29/h1-4,6-11,21-22,25-26,28-29H,5,12-15H2. The number of nitrogens with zero attached hydrogens (tertiary/aromatic N) is 1. The van der Waals surface area contributed by atoms with Crippen molar-refractivity contribution in [2.45, 2.75) is 31.1 Å². The second kappa shape index (κ2) is 9.64. The molecule has 0 fully saturated rings. The largest absolute Gasteiger partial charge is 0.374 e. The van der Waals surface area contributed by atoms with E-state index in [0.717, 1.165) is 22.1 Å². The van der Waals surface area contributed by atoms with E-state index in [1.165, 1.54) is 0 Å². The summed E-state index contributed by atoms with van der Waals surface area (Å²) in [5, 5.41) is 26.5. The monoisotopic (exact) mass is 475 g/mol. The first-order chi connectivity index (χ1) is 15.3. The Morgan fingerprint density at radius 3 is 2.62 bits per heavy atom. The Morgan fingerprint density at radius 2 is 1.81 bits per heavy atom. The molecular formula is C23H26ClN3O4S. The minimum absolute atomic E-state index is 0.126. The van der Waals surface area contributed by atoms with Gasteiger partial charge in [-0.2, -0.15) is 0 Å². The molecule has 0 saturated carbocycles. The van der Waals surface area contributed by atoms with Gasteiger partial charge in [0.1, 0.15) is 12.5 Å². The number of aliphatic hydroxyl groups excluding tert-OH is 2. The van der Waals surface area contributed by atoms with Crippen molar-refractivity contribution >= 4 is 43.8 Å². The van der Waals surface area contributed by atoms with Crippen molar-refractivity contribution in [3.8, 4) is 0 Å². The van der Waals surface area contributed by atoms with Gasteiger partial charge in [0, 0.05) is 29.9 Å². The van der Waals surface area contributed by atoms with Crippen LogP contribution in [0.2, 0.25) is 5.02 Å². The van der Waals surface area contributed by atoms with E-state index < -0.39 is 22.5 Å². The molecule has 0 bridgehead atoms. The van der Waals surface area contributed by atoms with E-state index in [-0.39, 0.29) is 18.7 Å². The molecule has 3 aromatic rings. The second-order valence-corrected chi connectivity index (χ2v) is 10.1. The quantitative estimate of drug-likeness (QED) is 0.391. The van der Waals surface area contributed by atoms with E-state index in [9.17, 15) is 18.6 Å². The zero-order chi connectivity index (χ0) is 22.7. The molecule has 32 heavy (non-hydrogen) atoms. The molecule has 1 aliphatic heterocycles. The van der Waals surface area contributed by atoms with Gasteiger partial charge in [0.2, 0.25) is 10.0 Å². The lowest BCUT2D eigenvalue weighted by Gasteiger charge is -2.29. The van der Waals surface area contributed by atoms with Crippen LogP contribution in [0.15, 0.2) is 60.7 Å². The highest BCUT2D eigenvalue weighted by Gasteiger charge is 2.27. The van der Waals surface area contributed by atoms with Crippen LogP contribution in [0.1, 0.15) is 18.4 Å². The number of hydrogen-bond acceptors (Lipinski definition) is 6. The van der Waals surface area contributed by atoms with E-state index in [1.54, 1.807) is 29.2 Å². The van der Waals surface area contributed by atoms with Gasteiger partial charge in [-0.15, -0.1) is 0 Å². The fraction of sp³-hybridized carbons (Fsp3) is 0.304. The summed E-state index contributed by atoms with van der Waals surface area (Å²) in [6.45, 7) is 0.629. The van der Waals surface area contributed by atoms with Gasteiger partial charge >= 0.3 is 0 Å². The SMILES string of the molecule is O=S(=O)(Cc1ccccc1Cl)NCCCN1c2ccc3ccccc3c2NC(O)CC1O. The maximum absolute atomic E-state index is 12.4. The van der Waals surface area contributed by atoms with E-state index in [0.29, 0.717) is 23.6 Å². The summed E-state index contributed by atoms with van der Waals surface area (Å²) in [5.74, 6) is -0.191. The molecule has 2 unspecified atom stereocenters. The highest BCUT2D eigenvalue weighted by atomic mass is 35.5. The van der Waals surface area contributed by atoms with E-state index >= 15 is 0 Å². The predicted octanol–water partition coefficient (Wildman–Crippen LogP) is 3.26. The van der Waals surface area contributed by atoms with Crippen molar-refractivity contribution in [3.63, 3.8) is 0 Å². The van der Waals surface area contributed by atoms with Crippen LogP contribution in [-0.2, 0) is 15.8 Å². The molecule has 170 valence electrons. The van der Waals surface area contributed by atoms with Gasteiger partial charge in [-0.1, -0.05) is 60.1 Å². The highest BCUT2D eigenvalue weighted by molar-refractivity contribution is 7.88. The third kappa shape index (κ3) is 5.16. The average molecular weight is 476 g/mol. The number of benzene rings is 3. The van der Waals surface area contributed by atoms with Crippen LogP contribution in [0, 0.1) is 0 Å². The van der Waals surface area contributed by atoms with Gasteiger partial charge in [-0.25, -0.2) is 13.1 Å². The van der Waals surface area contributed by atoms with Gasteiger partial charge in [0.25, 0.3) is 0 Å². The second-order valence-electron chi connectivity index (χ2n) is 7.85. The molecule has 0 aromatic heterocycles. The average Bonchev–Trinajstić information content (AvgIpc) is 2.87. The zero-order valence-corrected chi connectivity index (χ0v) is 19.0. The fourth-order valence-corrected chi connectivity index (χ4v) is 5.48. The van der Waals surface area contributed by atoms with Gasteiger partial charge in [-0.05, 0) is 29.5 Å². The third-order valence-corrected chi connectivity index (χ3v) is 7.23. The van der Waals surface area contributed by atoms with Crippen molar-refractivity contribution in [2.24, 2.45) is 0 Å². The lowest BCUT2D eigenvalue weighted by Crippen LogP contribution is -2.38. The van der Waals surface area contributed by atoms with Crippen molar-refractivity contribution in [2.75, 3.05) is 23.3 Å². The van der Waals surface area contributed by atoms with Gasteiger partial charge in [0.15, 0.2) is 0 Å². The van der Waals surface area contributed by atoms with Crippen LogP contribution in [0.4, 0.5) is 11.4 Å². The summed E-state index contributed by atoms with van der Waals surface area (Å²) in [6.07, 6.45) is -1.20. The summed E-state index contributed by atoms with van der Waals surface area (Å²) in [4.78, 5) is 1.80.